The first-order valence-corrected chi connectivity index (χ1v) is 7.40. The number of aromatic nitrogens is 1. The van der Waals surface area contributed by atoms with E-state index in [4.69, 9.17) is 0 Å². The zero-order valence-electron chi connectivity index (χ0n) is 13.2. The number of carbonyl (C=O) groups excluding carboxylic acids is 1. The van der Waals surface area contributed by atoms with Crippen molar-refractivity contribution >= 4 is 11.6 Å². The van der Waals surface area contributed by atoms with Crippen LogP contribution in [0.5, 0.6) is 0 Å². The topological polar surface area (TPSA) is 65.8 Å². The highest BCUT2D eigenvalue weighted by Gasteiger charge is 2.63. The summed E-state index contributed by atoms with van der Waals surface area (Å²) in [5.41, 5.74) is -2.11. The summed E-state index contributed by atoms with van der Waals surface area (Å²) in [6.45, 7) is 1.84. The average molecular weight is 349 g/mol. The zero-order valence-corrected chi connectivity index (χ0v) is 13.2. The Morgan fingerprint density at radius 3 is 2.32 bits per heavy atom. The molecule has 130 valence electrons. The number of halogens is 3. The third-order valence-electron chi connectivity index (χ3n) is 3.94. The number of hydrazone groups is 1. The molecule has 1 N–H and O–H groups in total. The summed E-state index contributed by atoms with van der Waals surface area (Å²) in [7, 11) is 0. The lowest BCUT2D eigenvalue weighted by Crippen LogP contribution is -2.56. The molecule has 5 nitrogen and oxygen atoms in total. The van der Waals surface area contributed by atoms with E-state index in [2.05, 4.69) is 10.1 Å². The van der Waals surface area contributed by atoms with Gasteiger partial charge in [0.1, 0.15) is 0 Å². The number of nitrogens with zero attached hydrogens (tertiary/aromatic N) is 3. The van der Waals surface area contributed by atoms with Gasteiger partial charge in [-0.3, -0.25) is 9.78 Å². The van der Waals surface area contributed by atoms with Gasteiger partial charge in [0.05, 0.1) is 12.1 Å². The molecule has 0 spiro atoms. The van der Waals surface area contributed by atoms with Crippen molar-refractivity contribution in [2.75, 3.05) is 0 Å². The predicted octanol–water partition coefficient (Wildman–Crippen LogP) is 2.89. The molecule has 0 aliphatic carbocycles. The minimum atomic E-state index is -5.06. The first-order valence-electron chi connectivity index (χ1n) is 7.40. The minimum Gasteiger partial charge on any atom is -0.362 e. The molecule has 0 bridgehead atoms. The van der Waals surface area contributed by atoms with Crippen LogP contribution < -0.4 is 0 Å². The van der Waals surface area contributed by atoms with Crippen molar-refractivity contribution in [1.82, 2.24) is 9.99 Å². The van der Waals surface area contributed by atoms with Crippen molar-refractivity contribution in [2.45, 2.75) is 25.2 Å². The molecule has 1 aliphatic rings. The second-order valence-electron chi connectivity index (χ2n) is 5.76. The Bertz CT molecular complexity index is 819. The number of pyridine rings is 1. The molecule has 0 fully saturated rings. The number of aliphatic hydroxyl groups is 1. The first-order chi connectivity index (χ1) is 11.7. The Kier molecular flexibility index (Phi) is 4.08. The number of hydrogen-bond donors (Lipinski definition) is 1. The fraction of sp³-hybridized carbons (Fsp3) is 0.235. The molecule has 0 radical (unpaired) electrons. The summed E-state index contributed by atoms with van der Waals surface area (Å²) in [4.78, 5) is 16.2. The fourth-order valence-electron chi connectivity index (χ4n) is 2.50. The van der Waals surface area contributed by atoms with E-state index in [1.165, 1.54) is 24.5 Å². The molecule has 1 aromatic heterocycles. The van der Waals surface area contributed by atoms with Crippen molar-refractivity contribution in [1.29, 1.82) is 0 Å². The van der Waals surface area contributed by atoms with Crippen LogP contribution in [0.2, 0.25) is 0 Å². The number of carbonyl (C=O) groups is 1. The molecule has 1 amide bonds. The van der Waals surface area contributed by atoms with Gasteiger partial charge in [0, 0.05) is 18.0 Å². The standard InChI is InChI=1S/C17H14F3N3O2/c1-11-2-4-12(5-3-11)14-10-16(25,17(18,19)20)23(22-14)15(24)13-6-8-21-9-7-13/h2-9,25H,10H2,1H3. The van der Waals surface area contributed by atoms with Crippen LogP contribution in [0.4, 0.5) is 13.2 Å². The lowest BCUT2D eigenvalue weighted by Gasteiger charge is -2.32. The Balaban J connectivity index is 2.04. The van der Waals surface area contributed by atoms with E-state index in [1.807, 2.05) is 6.92 Å². The second kappa shape index (κ2) is 5.96. The van der Waals surface area contributed by atoms with E-state index >= 15 is 0 Å². The van der Waals surface area contributed by atoms with Crippen LogP contribution in [0.15, 0.2) is 53.9 Å². The summed E-state index contributed by atoms with van der Waals surface area (Å²) in [5, 5.41) is 14.2. The number of rotatable bonds is 2. The molecule has 2 aromatic rings. The Morgan fingerprint density at radius 1 is 1.16 bits per heavy atom. The fourth-order valence-corrected chi connectivity index (χ4v) is 2.50. The van der Waals surface area contributed by atoms with Gasteiger partial charge in [-0.1, -0.05) is 29.8 Å². The van der Waals surface area contributed by atoms with Gasteiger partial charge in [-0.25, -0.2) is 0 Å². The van der Waals surface area contributed by atoms with Crippen LogP contribution in [-0.4, -0.2) is 38.6 Å². The van der Waals surface area contributed by atoms with E-state index in [0.717, 1.165) is 5.56 Å². The summed E-state index contributed by atoms with van der Waals surface area (Å²) in [5.74, 6) is -1.05. The Morgan fingerprint density at radius 2 is 1.76 bits per heavy atom. The van der Waals surface area contributed by atoms with Gasteiger partial charge in [-0.05, 0) is 24.6 Å². The van der Waals surface area contributed by atoms with Crippen molar-refractivity contribution in [3.8, 4) is 0 Å². The van der Waals surface area contributed by atoms with Crippen LogP contribution in [-0.2, 0) is 0 Å². The van der Waals surface area contributed by atoms with Crippen molar-refractivity contribution in [2.24, 2.45) is 5.10 Å². The zero-order chi connectivity index (χ0) is 18.2. The minimum absolute atomic E-state index is 0.0118. The van der Waals surface area contributed by atoms with E-state index in [1.54, 1.807) is 24.3 Å². The molecule has 1 atom stereocenters. The third-order valence-corrected chi connectivity index (χ3v) is 3.94. The van der Waals surface area contributed by atoms with Gasteiger partial charge < -0.3 is 5.11 Å². The molecule has 8 heteroatoms. The number of aryl methyl sites for hydroxylation is 1. The molecule has 1 aromatic carbocycles. The van der Waals surface area contributed by atoms with E-state index in [-0.39, 0.29) is 16.3 Å². The van der Waals surface area contributed by atoms with Crippen molar-refractivity contribution in [3.63, 3.8) is 0 Å². The Hall–Kier alpha value is -2.74. The highest BCUT2D eigenvalue weighted by atomic mass is 19.4. The molecule has 25 heavy (non-hydrogen) atoms. The second-order valence-corrected chi connectivity index (χ2v) is 5.76. The van der Waals surface area contributed by atoms with Crippen molar-refractivity contribution < 1.29 is 23.1 Å². The normalized spacial score (nSPS) is 20.5. The molecular formula is C17H14F3N3O2. The maximum Gasteiger partial charge on any atom is 0.438 e. The highest BCUT2D eigenvalue weighted by Crippen LogP contribution is 2.41. The third kappa shape index (κ3) is 3.00. The number of amides is 1. The quantitative estimate of drug-likeness (QED) is 0.907. The smallest absolute Gasteiger partial charge is 0.362 e. The highest BCUT2D eigenvalue weighted by molar-refractivity contribution is 6.05. The van der Waals surface area contributed by atoms with Crippen LogP contribution in [0.3, 0.4) is 0 Å². The molecule has 0 saturated heterocycles. The number of alkyl halides is 3. The summed E-state index contributed by atoms with van der Waals surface area (Å²) < 4.78 is 40.5. The van der Waals surface area contributed by atoms with Gasteiger partial charge in [0.15, 0.2) is 0 Å². The molecule has 0 saturated carbocycles. The largest absolute Gasteiger partial charge is 0.438 e. The van der Waals surface area contributed by atoms with E-state index < -0.39 is 24.2 Å². The van der Waals surface area contributed by atoms with Crippen LogP contribution in [0, 0.1) is 6.92 Å². The molecule has 2 heterocycles. The maximum atomic E-state index is 13.5. The van der Waals surface area contributed by atoms with E-state index in [0.29, 0.717) is 5.56 Å². The molecular weight excluding hydrogens is 335 g/mol. The lowest BCUT2D eigenvalue weighted by atomic mass is 10.00. The summed E-state index contributed by atoms with van der Waals surface area (Å²) in [6.07, 6.45) is -3.34. The van der Waals surface area contributed by atoms with Crippen LogP contribution in [0.25, 0.3) is 0 Å². The lowest BCUT2D eigenvalue weighted by molar-refractivity contribution is -0.297. The van der Waals surface area contributed by atoms with Crippen molar-refractivity contribution in [3.05, 3.63) is 65.5 Å². The summed E-state index contributed by atoms with van der Waals surface area (Å²) in [6, 6.07) is 9.17. The summed E-state index contributed by atoms with van der Waals surface area (Å²) >= 11 is 0. The average Bonchev–Trinajstić information content (AvgIpc) is 2.94. The van der Waals surface area contributed by atoms with E-state index in [9.17, 15) is 23.1 Å². The Labute approximate surface area is 141 Å². The molecule has 1 aliphatic heterocycles. The number of hydrogen-bond acceptors (Lipinski definition) is 4. The van der Waals surface area contributed by atoms with Crippen LogP contribution in [0.1, 0.15) is 27.9 Å². The van der Waals surface area contributed by atoms with Gasteiger partial charge in [-0.15, -0.1) is 0 Å². The maximum absolute atomic E-state index is 13.5. The SMILES string of the molecule is Cc1ccc(C2=NN(C(=O)c3ccncc3)C(O)(C(F)(F)F)C2)cc1. The number of benzene rings is 1. The van der Waals surface area contributed by atoms with Gasteiger partial charge >= 0.3 is 6.18 Å². The van der Waals surface area contributed by atoms with Gasteiger partial charge in [0.25, 0.3) is 11.6 Å². The monoisotopic (exact) mass is 349 g/mol. The first kappa shape index (κ1) is 17.1. The molecule has 3 rings (SSSR count). The van der Waals surface area contributed by atoms with Crippen LogP contribution >= 0.6 is 0 Å². The molecule has 1 unspecified atom stereocenters. The van der Waals surface area contributed by atoms with Gasteiger partial charge in [-0.2, -0.15) is 23.3 Å². The predicted molar refractivity (Wildman–Crippen MR) is 83.7 cm³/mol. The van der Waals surface area contributed by atoms with Gasteiger partial charge in [0.2, 0.25) is 0 Å².